The first-order valence-electron chi connectivity index (χ1n) is 6.00. The van der Waals surface area contributed by atoms with Crippen LogP contribution in [0.3, 0.4) is 0 Å². The average molecular weight is 224 g/mol. The first-order chi connectivity index (χ1) is 7.65. The number of rotatable bonds is 5. The predicted molar refractivity (Wildman–Crippen MR) is 62.0 cm³/mol. The summed E-state index contributed by atoms with van der Waals surface area (Å²) in [6.07, 6.45) is 6.15. The van der Waals surface area contributed by atoms with Gasteiger partial charge >= 0.3 is 5.97 Å². The molecule has 1 unspecified atom stereocenters. The van der Waals surface area contributed by atoms with Crippen LogP contribution in [0.1, 0.15) is 45.4 Å². The second kappa shape index (κ2) is 6.46. The Morgan fingerprint density at radius 1 is 1.56 bits per heavy atom. The molecule has 0 aromatic rings. The van der Waals surface area contributed by atoms with Crippen molar-refractivity contribution in [1.29, 1.82) is 0 Å². The highest BCUT2D eigenvalue weighted by Gasteiger charge is 2.22. The minimum atomic E-state index is -0.348. The van der Waals surface area contributed by atoms with Crippen molar-refractivity contribution in [3.63, 3.8) is 0 Å². The van der Waals surface area contributed by atoms with Crippen LogP contribution in [0.2, 0.25) is 0 Å². The number of carbonyl (C=O) groups excluding carboxylic acids is 2. The Balaban J connectivity index is 2.35. The second-order valence-electron chi connectivity index (χ2n) is 4.39. The largest absolute Gasteiger partial charge is 0.459 e. The zero-order chi connectivity index (χ0) is 12.0. The Labute approximate surface area is 96.9 Å². The van der Waals surface area contributed by atoms with Gasteiger partial charge in [-0.05, 0) is 31.6 Å². The highest BCUT2D eigenvalue weighted by atomic mass is 16.5. The van der Waals surface area contributed by atoms with Gasteiger partial charge < -0.3 is 4.74 Å². The number of ether oxygens (including phenoxy) is 1. The minimum Gasteiger partial charge on any atom is -0.459 e. The Morgan fingerprint density at radius 3 is 2.69 bits per heavy atom. The third kappa shape index (κ3) is 4.17. The molecule has 0 aromatic heterocycles. The van der Waals surface area contributed by atoms with Crippen LogP contribution in [0, 0.1) is 5.92 Å². The van der Waals surface area contributed by atoms with Crippen molar-refractivity contribution in [2.24, 2.45) is 5.92 Å². The summed E-state index contributed by atoms with van der Waals surface area (Å²) in [6.45, 7) is 5.39. The van der Waals surface area contributed by atoms with Crippen molar-refractivity contribution in [1.82, 2.24) is 0 Å². The summed E-state index contributed by atoms with van der Waals surface area (Å²) in [7, 11) is 0. The van der Waals surface area contributed by atoms with Crippen LogP contribution < -0.4 is 0 Å². The zero-order valence-corrected chi connectivity index (χ0v) is 9.91. The van der Waals surface area contributed by atoms with Gasteiger partial charge in [0.15, 0.2) is 0 Å². The van der Waals surface area contributed by atoms with Gasteiger partial charge in [0.2, 0.25) is 0 Å². The minimum absolute atomic E-state index is 0.0243. The van der Waals surface area contributed by atoms with E-state index >= 15 is 0 Å². The molecule has 0 amide bonds. The van der Waals surface area contributed by atoms with Crippen molar-refractivity contribution in [2.45, 2.75) is 51.6 Å². The van der Waals surface area contributed by atoms with Crippen LogP contribution in [0.5, 0.6) is 0 Å². The second-order valence-corrected chi connectivity index (χ2v) is 4.39. The smallest absolute Gasteiger partial charge is 0.330 e. The standard InChI is InChI=1S/C13H20O3/c1-3-12(16-13(15)4-2)9-10-5-7-11(14)8-6-10/h4,10,12H,2-3,5-9H2,1H3. The van der Waals surface area contributed by atoms with E-state index in [-0.39, 0.29) is 12.1 Å². The molecule has 0 spiro atoms. The van der Waals surface area contributed by atoms with Crippen LogP contribution >= 0.6 is 0 Å². The predicted octanol–water partition coefficient (Wildman–Crippen LogP) is 2.64. The van der Waals surface area contributed by atoms with Crippen molar-refractivity contribution < 1.29 is 14.3 Å². The van der Waals surface area contributed by atoms with Gasteiger partial charge in [0.1, 0.15) is 11.9 Å². The van der Waals surface area contributed by atoms with Gasteiger partial charge in [0.05, 0.1) is 0 Å². The van der Waals surface area contributed by atoms with E-state index in [4.69, 9.17) is 4.74 Å². The van der Waals surface area contributed by atoms with Gasteiger partial charge in [-0.3, -0.25) is 4.79 Å². The van der Waals surface area contributed by atoms with Gasteiger partial charge in [-0.15, -0.1) is 0 Å². The number of carbonyl (C=O) groups is 2. The van der Waals surface area contributed by atoms with Gasteiger partial charge in [-0.1, -0.05) is 13.5 Å². The molecule has 0 aliphatic heterocycles. The van der Waals surface area contributed by atoms with E-state index in [1.54, 1.807) is 0 Å². The third-order valence-electron chi connectivity index (χ3n) is 3.16. The third-order valence-corrected chi connectivity index (χ3v) is 3.16. The lowest BCUT2D eigenvalue weighted by atomic mass is 9.84. The molecule has 1 saturated carbocycles. The molecule has 90 valence electrons. The van der Waals surface area contributed by atoms with E-state index in [2.05, 4.69) is 6.58 Å². The first kappa shape index (κ1) is 12.9. The summed E-state index contributed by atoms with van der Waals surface area (Å²) < 4.78 is 5.24. The summed E-state index contributed by atoms with van der Waals surface area (Å²) >= 11 is 0. The molecule has 0 saturated heterocycles. The van der Waals surface area contributed by atoms with Crippen molar-refractivity contribution in [3.8, 4) is 0 Å². The van der Waals surface area contributed by atoms with E-state index in [0.29, 0.717) is 24.5 Å². The number of hydrogen-bond acceptors (Lipinski definition) is 3. The maximum atomic E-state index is 11.1. The van der Waals surface area contributed by atoms with Gasteiger partial charge in [-0.25, -0.2) is 4.79 Å². The maximum Gasteiger partial charge on any atom is 0.330 e. The molecule has 1 atom stereocenters. The van der Waals surface area contributed by atoms with Crippen molar-refractivity contribution >= 4 is 11.8 Å². The maximum absolute atomic E-state index is 11.1. The molecule has 1 fully saturated rings. The van der Waals surface area contributed by atoms with E-state index in [1.807, 2.05) is 6.92 Å². The topological polar surface area (TPSA) is 43.4 Å². The van der Waals surface area contributed by atoms with Crippen LogP contribution in [0.15, 0.2) is 12.7 Å². The summed E-state index contributed by atoms with van der Waals surface area (Å²) in [5.41, 5.74) is 0. The molecule has 1 aliphatic rings. The van der Waals surface area contributed by atoms with E-state index < -0.39 is 0 Å². The Morgan fingerprint density at radius 2 is 2.19 bits per heavy atom. The van der Waals surface area contributed by atoms with Gasteiger partial charge in [-0.2, -0.15) is 0 Å². The first-order valence-corrected chi connectivity index (χ1v) is 6.00. The molecule has 0 heterocycles. The number of ketones is 1. The van der Waals surface area contributed by atoms with E-state index in [9.17, 15) is 9.59 Å². The molecular weight excluding hydrogens is 204 g/mol. The molecular formula is C13H20O3. The molecule has 3 nitrogen and oxygen atoms in total. The summed E-state index contributed by atoms with van der Waals surface area (Å²) in [5.74, 6) is 0.548. The molecule has 0 aromatic carbocycles. The Bertz CT molecular complexity index is 260. The zero-order valence-electron chi connectivity index (χ0n) is 9.91. The number of hydrogen-bond donors (Lipinski definition) is 0. The average Bonchev–Trinajstić information content (AvgIpc) is 2.30. The number of esters is 1. The van der Waals surface area contributed by atoms with Crippen molar-refractivity contribution in [2.75, 3.05) is 0 Å². The van der Waals surface area contributed by atoms with Crippen LogP contribution in [0.25, 0.3) is 0 Å². The summed E-state index contributed by atoms with van der Waals surface area (Å²) in [4.78, 5) is 22.2. The monoisotopic (exact) mass is 224 g/mol. The Kier molecular flexibility index (Phi) is 5.23. The van der Waals surface area contributed by atoms with Crippen molar-refractivity contribution in [3.05, 3.63) is 12.7 Å². The SMILES string of the molecule is C=CC(=O)OC(CC)CC1CCC(=O)CC1. The highest BCUT2D eigenvalue weighted by molar-refractivity contribution is 5.81. The summed E-state index contributed by atoms with van der Waals surface area (Å²) in [6, 6.07) is 0. The molecule has 1 rings (SSSR count). The fraction of sp³-hybridized carbons (Fsp3) is 0.692. The number of Topliss-reactive ketones (excluding diaryl/α,β-unsaturated/α-hetero) is 1. The fourth-order valence-electron chi connectivity index (χ4n) is 2.12. The normalized spacial score (nSPS) is 19.2. The lowest BCUT2D eigenvalue weighted by Crippen LogP contribution is -2.23. The molecule has 0 bridgehead atoms. The van der Waals surface area contributed by atoms with E-state index in [0.717, 1.165) is 25.7 Å². The fourth-order valence-corrected chi connectivity index (χ4v) is 2.12. The molecule has 0 radical (unpaired) electrons. The molecule has 0 N–H and O–H groups in total. The van der Waals surface area contributed by atoms with E-state index in [1.165, 1.54) is 6.08 Å². The molecule has 1 aliphatic carbocycles. The summed E-state index contributed by atoms with van der Waals surface area (Å²) in [5, 5.41) is 0. The van der Waals surface area contributed by atoms with Crippen LogP contribution in [-0.2, 0) is 14.3 Å². The highest BCUT2D eigenvalue weighted by Crippen LogP contribution is 2.27. The lowest BCUT2D eigenvalue weighted by Gasteiger charge is -2.25. The molecule has 16 heavy (non-hydrogen) atoms. The quantitative estimate of drug-likeness (QED) is 0.532. The Hall–Kier alpha value is -1.12. The van der Waals surface area contributed by atoms with Crippen LogP contribution in [0.4, 0.5) is 0 Å². The molecule has 3 heteroatoms. The van der Waals surface area contributed by atoms with Gasteiger partial charge in [0, 0.05) is 18.9 Å². The lowest BCUT2D eigenvalue weighted by molar-refractivity contribution is -0.144. The van der Waals surface area contributed by atoms with Gasteiger partial charge in [0.25, 0.3) is 0 Å². The van der Waals surface area contributed by atoms with Crippen LogP contribution in [-0.4, -0.2) is 17.9 Å².